The van der Waals surface area contributed by atoms with Crippen molar-refractivity contribution in [2.24, 2.45) is 23.2 Å². The molecule has 4 saturated carbocycles. The first-order chi connectivity index (χ1) is 16.1. The molecule has 5 atom stereocenters. The monoisotopic (exact) mass is 491 g/mol. The van der Waals surface area contributed by atoms with Crippen LogP contribution in [-0.2, 0) is 14.6 Å². The third kappa shape index (κ3) is 3.71. The minimum atomic E-state index is -3.73. The quantitative estimate of drug-likeness (QED) is 0.653. The number of benzene rings is 1. The van der Waals surface area contributed by atoms with Gasteiger partial charge in [0, 0.05) is 11.5 Å². The normalized spacial score (nSPS) is 35.5. The summed E-state index contributed by atoms with van der Waals surface area (Å²) in [4.78, 5) is 25.4. The van der Waals surface area contributed by atoms with Gasteiger partial charge in [0.05, 0.1) is 17.9 Å². The van der Waals surface area contributed by atoms with Gasteiger partial charge in [-0.3, -0.25) is 4.79 Å². The van der Waals surface area contributed by atoms with Crippen molar-refractivity contribution in [2.75, 3.05) is 18.2 Å². The van der Waals surface area contributed by atoms with E-state index in [-0.39, 0.29) is 16.9 Å². The van der Waals surface area contributed by atoms with Crippen molar-refractivity contribution in [2.45, 2.75) is 63.3 Å². The fourth-order valence-corrected chi connectivity index (χ4v) is 9.02. The molecule has 1 aromatic rings. The maximum absolute atomic E-state index is 15.2. The molecule has 5 aliphatic rings. The van der Waals surface area contributed by atoms with Crippen molar-refractivity contribution >= 4 is 21.7 Å². The Morgan fingerprint density at radius 1 is 1.12 bits per heavy atom. The molecule has 1 aliphatic heterocycles. The third-order valence-corrected chi connectivity index (χ3v) is 10.5. The van der Waals surface area contributed by atoms with Crippen LogP contribution in [0, 0.1) is 29.0 Å². The first kappa shape index (κ1) is 22.3. The molecule has 1 heterocycles. The number of carbonyl (C=O) groups is 2. The minimum Gasteiger partial charge on any atom is -0.493 e. The van der Waals surface area contributed by atoms with E-state index < -0.39 is 45.2 Å². The van der Waals surface area contributed by atoms with Gasteiger partial charge >= 0.3 is 5.97 Å². The van der Waals surface area contributed by atoms with Crippen molar-refractivity contribution < 1.29 is 32.2 Å². The second-order valence-electron chi connectivity index (χ2n) is 11.3. The molecule has 4 unspecified atom stereocenters. The summed E-state index contributed by atoms with van der Waals surface area (Å²) < 4.78 is 45.5. The summed E-state index contributed by atoms with van der Waals surface area (Å²) in [5.41, 5.74) is 0.662. The van der Waals surface area contributed by atoms with Gasteiger partial charge in [0.15, 0.2) is 9.84 Å². The molecule has 5 fully saturated rings. The molecule has 184 valence electrons. The van der Waals surface area contributed by atoms with Crippen molar-refractivity contribution in [3.63, 3.8) is 0 Å². The van der Waals surface area contributed by atoms with Crippen LogP contribution in [0.25, 0.3) is 0 Å². The van der Waals surface area contributed by atoms with Gasteiger partial charge in [0.2, 0.25) is 0 Å². The van der Waals surface area contributed by atoms with Gasteiger partial charge in [0.25, 0.3) is 5.91 Å². The van der Waals surface area contributed by atoms with E-state index >= 15 is 4.39 Å². The van der Waals surface area contributed by atoms with E-state index in [0.717, 1.165) is 35.1 Å². The van der Waals surface area contributed by atoms with Crippen LogP contribution >= 0.6 is 0 Å². The molecule has 4 aliphatic carbocycles. The summed E-state index contributed by atoms with van der Waals surface area (Å²) in [6.45, 7) is 0.572. The predicted octanol–water partition coefficient (Wildman–Crippen LogP) is 3.58. The number of fused-ring (bicyclic) bond motifs is 2. The van der Waals surface area contributed by atoms with Crippen LogP contribution in [0.2, 0.25) is 0 Å². The highest BCUT2D eigenvalue weighted by atomic mass is 32.2. The summed E-state index contributed by atoms with van der Waals surface area (Å²) in [6.07, 6.45) is 9.39. The van der Waals surface area contributed by atoms with Crippen LogP contribution in [0.1, 0.15) is 73.2 Å². The van der Waals surface area contributed by atoms with Gasteiger partial charge < -0.3 is 14.7 Å². The number of ether oxygens (including phenoxy) is 1. The van der Waals surface area contributed by atoms with E-state index in [1.54, 1.807) is 0 Å². The van der Waals surface area contributed by atoms with Gasteiger partial charge in [-0.2, -0.15) is 0 Å². The van der Waals surface area contributed by atoms with E-state index in [4.69, 9.17) is 4.74 Å². The maximum Gasteiger partial charge on any atom is 0.327 e. The lowest BCUT2D eigenvalue weighted by atomic mass is 9.62. The Morgan fingerprint density at radius 2 is 1.88 bits per heavy atom. The summed E-state index contributed by atoms with van der Waals surface area (Å²) in [7, 11) is -3.73. The van der Waals surface area contributed by atoms with E-state index in [1.807, 2.05) is 0 Å². The van der Waals surface area contributed by atoms with Crippen LogP contribution in [-0.4, -0.2) is 54.6 Å². The molecular weight excluding hydrogens is 461 g/mol. The van der Waals surface area contributed by atoms with Gasteiger partial charge in [-0.15, -0.1) is 0 Å². The molecule has 6 rings (SSSR count). The van der Waals surface area contributed by atoms with E-state index in [9.17, 15) is 23.1 Å². The Morgan fingerprint density at radius 3 is 2.62 bits per heavy atom. The SMILES string of the molecule is O=C(O)[C@@H]1CS(=O)(=O)CN1C(=O)c1cc(C2CC2)c(OCC23CC4CCC2CC(C4)C3)cc1F. The van der Waals surface area contributed by atoms with Crippen molar-refractivity contribution in [1.82, 2.24) is 4.90 Å². The largest absolute Gasteiger partial charge is 0.493 e. The van der Waals surface area contributed by atoms with Crippen LogP contribution in [0.15, 0.2) is 12.1 Å². The molecule has 0 spiro atoms. The topological polar surface area (TPSA) is 101 Å². The Bertz CT molecular complexity index is 1160. The number of rotatable bonds is 6. The van der Waals surface area contributed by atoms with E-state index in [0.29, 0.717) is 18.3 Å². The second kappa shape index (κ2) is 7.67. The average molecular weight is 492 g/mol. The number of carboxylic acids is 1. The number of carbonyl (C=O) groups excluding carboxylic acids is 1. The van der Waals surface area contributed by atoms with Gasteiger partial charge in [-0.1, -0.05) is 6.42 Å². The Balaban J connectivity index is 1.27. The number of amides is 1. The van der Waals surface area contributed by atoms with Gasteiger partial charge in [-0.05, 0) is 80.2 Å². The van der Waals surface area contributed by atoms with Gasteiger partial charge in [0.1, 0.15) is 23.5 Å². The molecule has 9 heteroatoms. The molecule has 34 heavy (non-hydrogen) atoms. The van der Waals surface area contributed by atoms with E-state index in [1.165, 1.54) is 50.7 Å². The highest BCUT2D eigenvalue weighted by Crippen LogP contribution is 2.62. The zero-order valence-electron chi connectivity index (χ0n) is 19.0. The lowest BCUT2D eigenvalue weighted by molar-refractivity contribution is -0.140. The molecule has 0 aromatic heterocycles. The van der Waals surface area contributed by atoms with Crippen molar-refractivity contribution in [3.8, 4) is 5.75 Å². The number of aliphatic carboxylic acids is 1. The highest BCUT2D eigenvalue weighted by molar-refractivity contribution is 7.91. The van der Waals surface area contributed by atoms with Gasteiger partial charge in [-0.25, -0.2) is 17.6 Å². The summed E-state index contributed by atoms with van der Waals surface area (Å²) in [5.74, 6) is -1.59. The summed E-state index contributed by atoms with van der Waals surface area (Å²) in [6, 6.07) is 1.22. The molecule has 3 bridgehead atoms. The Hall–Kier alpha value is -2.16. The fraction of sp³-hybridized carbons (Fsp3) is 0.680. The zero-order chi connectivity index (χ0) is 23.8. The Labute approximate surface area is 198 Å². The molecule has 7 nitrogen and oxygen atoms in total. The van der Waals surface area contributed by atoms with Crippen LogP contribution in [0.5, 0.6) is 5.75 Å². The number of hydrogen-bond acceptors (Lipinski definition) is 5. The van der Waals surface area contributed by atoms with Crippen LogP contribution < -0.4 is 4.74 Å². The first-order valence-corrected chi connectivity index (χ1v) is 14.2. The summed E-state index contributed by atoms with van der Waals surface area (Å²) >= 11 is 0. The second-order valence-corrected chi connectivity index (χ2v) is 13.4. The lowest BCUT2D eigenvalue weighted by Crippen LogP contribution is -2.42. The van der Waals surface area contributed by atoms with Crippen LogP contribution in [0.4, 0.5) is 4.39 Å². The van der Waals surface area contributed by atoms with E-state index in [2.05, 4.69) is 0 Å². The fourth-order valence-electron chi connectivity index (χ4n) is 7.39. The first-order valence-electron chi connectivity index (χ1n) is 12.3. The number of hydrogen-bond donors (Lipinski definition) is 1. The number of halogens is 1. The molecule has 1 amide bonds. The minimum absolute atomic E-state index is 0.177. The molecular formula is C25H30FNO6S. The smallest absolute Gasteiger partial charge is 0.327 e. The molecule has 1 aromatic carbocycles. The van der Waals surface area contributed by atoms with Crippen molar-refractivity contribution in [3.05, 3.63) is 29.1 Å². The third-order valence-electron chi connectivity index (χ3n) is 9.00. The number of carboxylic acid groups (broad SMARTS) is 1. The summed E-state index contributed by atoms with van der Waals surface area (Å²) in [5, 5.41) is 9.40. The van der Waals surface area contributed by atoms with Crippen molar-refractivity contribution in [1.29, 1.82) is 0 Å². The van der Waals surface area contributed by atoms with Crippen LogP contribution in [0.3, 0.4) is 0 Å². The predicted molar refractivity (Wildman–Crippen MR) is 121 cm³/mol. The molecule has 0 radical (unpaired) electrons. The average Bonchev–Trinajstić information content (AvgIpc) is 3.53. The lowest BCUT2D eigenvalue weighted by Gasteiger charge is -2.45. The molecule has 1 N–H and O–H groups in total. The highest BCUT2D eigenvalue weighted by Gasteiger charge is 2.55. The Kier molecular flexibility index (Phi) is 5.03. The number of nitrogens with zero attached hydrogens (tertiary/aromatic N) is 1. The standard InChI is InChI=1S/C25H30FNO6S/c26-20-8-22(33-12-25-9-14-1-4-17(25)6-15(5-14)10-25)18(16-2-3-16)7-19(20)23(28)27-13-34(31,32)11-21(27)24(29)30/h7-8,14-17,21H,1-6,9-13H2,(H,29,30)/t14?,15?,17?,21-,25?/m0/s1. The number of sulfone groups is 1. The molecule has 1 saturated heterocycles. The zero-order valence-corrected chi connectivity index (χ0v) is 19.9. The maximum atomic E-state index is 15.2.